The van der Waals surface area contributed by atoms with Gasteiger partial charge >= 0.3 is 5.97 Å². The quantitative estimate of drug-likeness (QED) is 0.451. The van der Waals surface area contributed by atoms with Gasteiger partial charge in [0, 0.05) is 18.9 Å². The van der Waals surface area contributed by atoms with Crippen LogP contribution < -0.4 is 14.8 Å². The van der Waals surface area contributed by atoms with Crippen molar-refractivity contribution in [3.05, 3.63) is 35.0 Å². The van der Waals surface area contributed by atoms with Crippen LogP contribution in [0.15, 0.2) is 24.5 Å². The van der Waals surface area contributed by atoms with Gasteiger partial charge in [-0.05, 0) is 24.6 Å². The zero-order valence-corrected chi connectivity index (χ0v) is 16.9. The topological polar surface area (TPSA) is 91.8 Å². The van der Waals surface area contributed by atoms with E-state index >= 15 is 0 Å². The molecule has 1 N–H and O–H groups in total. The number of fused-ring (bicyclic) bond motifs is 1. The number of nitrogens with zero attached hydrogens (tertiary/aromatic N) is 2. The average Bonchev–Trinajstić information content (AvgIpc) is 3.05. The maximum atomic E-state index is 12.4. The summed E-state index contributed by atoms with van der Waals surface area (Å²) in [6, 6.07) is 5.48. The van der Waals surface area contributed by atoms with Crippen molar-refractivity contribution >= 4 is 39.0 Å². The number of thiophene rings is 1. The lowest BCUT2D eigenvalue weighted by Gasteiger charge is -2.11. The third-order valence-electron chi connectivity index (χ3n) is 4.08. The van der Waals surface area contributed by atoms with E-state index in [0.29, 0.717) is 33.6 Å². The molecule has 28 heavy (non-hydrogen) atoms. The molecule has 0 unspecified atom stereocenters. The van der Waals surface area contributed by atoms with Gasteiger partial charge in [0.25, 0.3) is 0 Å². The Morgan fingerprint density at radius 2 is 1.89 bits per heavy atom. The summed E-state index contributed by atoms with van der Waals surface area (Å²) < 4.78 is 20.8. The number of benzene rings is 1. The van der Waals surface area contributed by atoms with Crippen molar-refractivity contribution in [3.8, 4) is 11.5 Å². The Hall–Kier alpha value is -2.91. The molecule has 0 aliphatic heterocycles. The highest BCUT2D eigenvalue weighted by Crippen LogP contribution is 2.36. The minimum Gasteiger partial charge on any atom is -0.493 e. The Labute approximate surface area is 166 Å². The van der Waals surface area contributed by atoms with Crippen LogP contribution in [0.25, 0.3) is 10.2 Å². The van der Waals surface area contributed by atoms with Crippen LogP contribution in [0.2, 0.25) is 0 Å². The second kappa shape index (κ2) is 8.85. The molecular formula is C19H21N3O5S. The van der Waals surface area contributed by atoms with E-state index in [1.165, 1.54) is 17.7 Å². The second-order valence-corrected chi connectivity index (χ2v) is 6.78. The van der Waals surface area contributed by atoms with Crippen molar-refractivity contribution in [2.75, 3.05) is 39.9 Å². The van der Waals surface area contributed by atoms with Crippen molar-refractivity contribution < 1.29 is 23.7 Å². The first-order valence-corrected chi connectivity index (χ1v) is 9.29. The zero-order chi connectivity index (χ0) is 20.1. The van der Waals surface area contributed by atoms with E-state index < -0.39 is 5.97 Å². The van der Waals surface area contributed by atoms with E-state index in [-0.39, 0.29) is 6.61 Å². The van der Waals surface area contributed by atoms with Crippen LogP contribution in [-0.4, -0.2) is 50.5 Å². The minimum atomic E-state index is -0.394. The summed E-state index contributed by atoms with van der Waals surface area (Å²) >= 11 is 1.28. The lowest BCUT2D eigenvalue weighted by Crippen LogP contribution is -2.09. The highest BCUT2D eigenvalue weighted by atomic mass is 32.1. The summed E-state index contributed by atoms with van der Waals surface area (Å²) in [5, 5.41) is 4.04. The highest BCUT2D eigenvalue weighted by Gasteiger charge is 2.20. The molecule has 0 spiro atoms. The van der Waals surface area contributed by atoms with Gasteiger partial charge in [0.05, 0.1) is 26.2 Å². The molecule has 0 saturated heterocycles. The minimum absolute atomic E-state index is 0.200. The first-order valence-electron chi connectivity index (χ1n) is 8.48. The number of hydrogen-bond donors (Lipinski definition) is 1. The third-order valence-corrected chi connectivity index (χ3v) is 5.26. The summed E-state index contributed by atoms with van der Waals surface area (Å²) in [5.41, 5.74) is 1.54. The smallest absolute Gasteiger partial charge is 0.348 e. The SMILES string of the molecule is COCCOC(=O)c1sc2ncnc(Nc3ccc(OC)c(OC)c3)c2c1C. The fourth-order valence-electron chi connectivity index (χ4n) is 2.70. The van der Waals surface area contributed by atoms with Crippen molar-refractivity contribution in [1.82, 2.24) is 9.97 Å². The third kappa shape index (κ3) is 4.00. The summed E-state index contributed by atoms with van der Waals surface area (Å²) in [6.45, 7) is 2.40. The normalized spacial score (nSPS) is 10.7. The molecule has 9 heteroatoms. The van der Waals surface area contributed by atoms with Gasteiger partial charge in [0.2, 0.25) is 0 Å². The van der Waals surface area contributed by atoms with E-state index in [1.807, 2.05) is 19.1 Å². The van der Waals surface area contributed by atoms with Gasteiger partial charge in [0.15, 0.2) is 11.5 Å². The van der Waals surface area contributed by atoms with E-state index in [2.05, 4.69) is 15.3 Å². The summed E-state index contributed by atoms with van der Waals surface area (Å²) in [5.74, 6) is 1.44. The number of aromatic nitrogens is 2. The molecule has 0 radical (unpaired) electrons. The van der Waals surface area contributed by atoms with Crippen LogP contribution in [0, 0.1) is 6.92 Å². The molecule has 8 nitrogen and oxygen atoms in total. The van der Waals surface area contributed by atoms with Crippen LogP contribution in [0.3, 0.4) is 0 Å². The summed E-state index contributed by atoms with van der Waals surface area (Å²) in [7, 11) is 4.72. The first kappa shape index (κ1) is 19.8. The number of methoxy groups -OCH3 is 3. The molecule has 1 aromatic carbocycles. The van der Waals surface area contributed by atoms with Gasteiger partial charge in [-0.3, -0.25) is 0 Å². The molecule has 0 atom stereocenters. The standard InChI is InChI=1S/C19H21N3O5S/c1-11-15-17(22-12-5-6-13(25-3)14(9-12)26-4)20-10-21-18(15)28-16(11)19(23)27-8-7-24-2/h5-6,9-10H,7-8H2,1-4H3,(H,20,21,22). The Balaban J connectivity index is 1.93. The summed E-state index contributed by atoms with van der Waals surface area (Å²) in [6.07, 6.45) is 1.46. The van der Waals surface area contributed by atoms with E-state index in [9.17, 15) is 4.79 Å². The van der Waals surface area contributed by atoms with Gasteiger partial charge in [-0.2, -0.15) is 0 Å². The highest BCUT2D eigenvalue weighted by molar-refractivity contribution is 7.20. The number of esters is 1. The van der Waals surface area contributed by atoms with Crippen LogP contribution in [-0.2, 0) is 9.47 Å². The Morgan fingerprint density at radius 1 is 1.11 bits per heavy atom. The van der Waals surface area contributed by atoms with Gasteiger partial charge in [-0.25, -0.2) is 14.8 Å². The molecule has 0 bridgehead atoms. The second-order valence-electron chi connectivity index (χ2n) is 5.78. The largest absolute Gasteiger partial charge is 0.493 e. The molecule has 0 aliphatic rings. The molecular weight excluding hydrogens is 382 g/mol. The molecule has 2 heterocycles. The van der Waals surface area contributed by atoms with Crippen molar-refractivity contribution in [3.63, 3.8) is 0 Å². The predicted octanol–water partition coefficient (Wildman–Crippen LogP) is 3.56. The van der Waals surface area contributed by atoms with E-state index in [0.717, 1.165) is 16.6 Å². The monoisotopic (exact) mass is 403 g/mol. The number of carbonyl (C=O) groups is 1. The van der Waals surface area contributed by atoms with Crippen molar-refractivity contribution in [2.45, 2.75) is 6.92 Å². The fraction of sp³-hybridized carbons (Fsp3) is 0.316. The lowest BCUT2D eigenvalue weighted by atomic mass is 10.2. The first-order chi connectivity index (χ1) is 13.6. The number of carbonyl (C=O) groups excluding carboxylic acids is 1. The van der Waals surface area contributed by atoms with Crippen LogP contribution in [0.5, 0.6) is 11.5 Å². The van der Waals surface area contributed by atoms with E-state index in [1.54, 1.807) is 27.4 Å². The van der Waals surface area contributed by atoms with Gasteiger partial charge < -0.3 is 24.3 Å². The lowest BCUT2D eigenvalue weighted by molar-refractivity contribution is 0.0393. The van der Waals surface area contributed by atoms with Crippen molar-refractivity contribution in [2.24, 2.45) is 0 Å². The number of nitrogens with one attached hydrogen (secondary N) is 1. The van der Waals surface area contributed by atoms with Crippen molar-refractivity contribution in [1.29, 1.82) is 0 Å². The fourth-order valence-corrected chi connectivity index (χ4v) is 3.74. The molecule has 3 rings (SSSR count). The molecule has 3 aromatic rings. The Bertz CT molecular complexity index is 989. The van der Waals surface area contributed by atoms with E-state index in [4.69, 9.17) is 18.9 Å². The molecule has 0 amide bonds. The maximum Gasteiger partial charge on any atom is 0.348 e. The molecule has 0 fully saturated rings. The average molecular weight is 403 g/mol. The van der Waals surface area contributed by atoms with Gasteiger partial charge in [0.1, 0.15) is 28.5 Å². The number of anilines is 2. The molecule has 0 aliphatic carbocycles. The Kier molecular flexibility index (Phi) is 6.27. The number of rotatable bonds is 8. The van der Waals surface area contributed by atoms with Crippen LogP contribution in [0.1, 0.15) is 15.2 Å². The zero-order valence-electron chi connectivity index (χ0n) is 16.1. The van der Waals surface area contributed by atoms with Gasteiger partial charge in [-0.15, -0.1) is 11.3 Å². The number of aryl methyl sites for hydroxylation is 1. The molecule has 0 saturated carbocycles. The number of hydrogen-bond acceptors (Lipinski definition) is 9. The predicted molar refractivity (Wildman–Crippen MR) is 107 cm³/mol. The van der Waals surface area contributed by atoms with Crippen LogP contribution >= 0.6 is 11.3 Å². The Morgan fingerprint density at radius 3 is 2.61 bits per heavy atom. The maximum absolute atomic E-state index is 12.4. The van der Waals surface area contributed by atoms with Crippen LogP contribution in [0.4, 0.5) is 11.5 Å². The number of ether oxygens (including phenoxy) is 4. The molecule has 148 valence electrons. The van der Waals surface area contributed by atoms with Gasteiger partial charge in [-0.1, -0.05) is 0 Å². The summed E-state index contributed by atoms with van der Waals surface area (Å²) in [4.78, 5) is 22.2. The molecule has 2 aromatic heterocycles.